The Hall–Kier alpha value is -1.15. The van der Waals surface area contributed by atoms with E-state index >= 15 is 0 Å². The van der Waals surface area contributed by atoms with E-state index in [1.807, 2.05) is 0 Å². The second kappa shape index (κ2) is 6.74. The van der Waals surface area contributed by atoms with Crippen molar-refractivity contribution in [2.75, 3.05) is 32.4 Å². The van der Waals surface area contributed by atoms with Crippen molar-refractivity contribution in [2.24, 2.45) is 5.92 Å². The predicted molar refractivity (Wildman–Crippen MR) is 78.7 cm³/mol. The molecule has 1 saturated heterocycles. The molecule has 0 aliphatic carbocycles. The number of amides is 1. The molecule has 0 radical (unpaired) electrons. The Morgan fingerprint density at radius 3 is 2.24 bits per heavy atom. The van der Waals surface area contributed by atoms with Gasteiger partial charge in [0.25, 0.3) is 0 Å². The first kappa shape index (κ1) is 17.9. The van der Waals surface area contributed by atoms with Crippen molar-refractivity contribution in [1.82, 2.24) is 10.2 Å². The molecule has 1 rings (SSSR count). The number of hydrogen-bond acceptors (Lipinski definition) is 5. The van der Waals surface area contributed by atoms with Gasteiger partial charge in [0.15, 0.2) is 9.84 Å². The minimum atomic E-state index is -3.19. The standard InChI is InChI=1S/C13H24N2O5S/c1-13(2,21(3,19)20)9-14-8-11(16)15-6-4-10(5-7-15)12(17)18/h10,14H,4-9H2,1-3H3,(H,17,18). The summed E-state index contributed by atoms with van der Waals surface area (Å²) in [6.07, 6.45) is 2.11. The third-order valence-corrected chi connectivity index (χ3v) is 6.18. The van der Waals surface area contributed by atoms with E-state index in [1.54, 1.807) is 18.7 Å². The fourth-order valence-corrected chi connectivity index (χ4v) is 2.45. The van der Waals surface area contributed by atoms with E-state index in [0.717, 1.165) is 0 Å². The zero-order valence-electron chi connectivity index (χ0n) is 12.8. The summed E-state index contributed by atoms with van der Waals surface area (Å²) in [5, 5.41) is 11.8. The van der Waals surface area contributed by atoms with Crippen molar-refractivity contribution in [1.29, 1.82) is 0 Å². The molecule has 1 fully saturated rings. The number of carboxylic acids is 1. The molecule has 2 N–H and O–H groups in total. The fourth-order valence-electron chi connectivity index (χ4n) is 2.09. The van der Waals surface area contributed by atoms with Gasteiger partial charge in [0, 0.05) is 25.9 Å². The number of sulfone groups is 1. The highest BCUT2D eigenvalue weighted by Gasteiger charge is 2.30. The Morgan fingerprint density at radius 2 is 1.81 bits per heavy atom. The molecule has 0 unspecified atom stereocenters. The van der Waals surface area contributed by atoms with Crippen molar-refractivity contribution >= 4 is 21.7 Å². The van der Waals surface area contributed by atoms with Gasteiger partial charge < -0.3 is 15.3 Å². The van der Waals surface area contributed by atoms with Crippen LogP contribution in [0.2, 0.25) is 0 Å². The van der Waals surface area contributed by atoms with Crippen LogP contribution in [0.3, 0.4) is 0 Å². The predicted octanol–water partition coefficient (Wildman–Crippen LogP) is -0.278. The van der Waals surface area contributed by atoms with E-state index in [-0.39, 0.29) is 24.9 Å². The van der Waals surface area contributed by atoms with Crippen LogP contribution in [0.5, 0.6) is 0 Å². The number of likely N-dealkylation sites (tertiary alicyclic amines) is 1. The van der Waals surface area contributed by atoms with Crippen molar-refractivity contribution < 1.29 is 23.1 Å². The highest BCUT2D eigenvalue weighted by Crippen LogP contribution is 2.17. The number of piperidine rings is 1. The lowest BCUT2D eigenvalue weighted by molar-refractivity contribution is -0.145. The minimum Gasteiger partial charge on any atom is -0.481 e. The number of carbonyl (C=O) groups is 2. The Morgan fingerprint density at radius 1 is 1.29 bits per heavy atom. The van der Waals surface area contributed by atoms with Crippen LogP contribution in [0.4, 0.5) is 0 Å². The SMILES string of the molecule is CC(C)(CNCC(=O)N1CCC(C(=O)O)CC1)S(C)(=O)=O. The van der Waals surface area contributed by atoms with Crippen molar-refractivity contribution in [3.05, 3.63) is 0 Å². The molecule has 0 bridgehead atoms. The molecule has 1 aliphatic heterocycles. The van der Waals surface area contributed by atoms with E-state index in [9.17, 15) is 18.0 Å². The summed E-state index contributed by atoms with van der Waals surface area (Å²) < 4.78 is 22.2. The van der Waals surface area contributed by atoms with E-state index in [0.29, 0.717) is 25.9 Å². The van der Waals surface area contributed by atoms with Gasteiger partial charge in [0.2, 0.25) is 5.91 Å². The molecule has 1 heterocycles. The van der Waals surface area contributed by atoms with Gasteiger partial charge in [0.1, 0.15) is 0 Å². The molecule has 122 valence electrons. The van der Waals surface area contributed by atoms with Gasteiger partial charge in [-0.3, -0.25) is 9.59 Å². The normalized spacial score (nSPS) is 17.8. The van der Waals surface area contributed by atoms with Gasteiger partial charge in [-0.25, -0.2) is 8.42 Å². The smallest absolute Gasteiger partial charge is 0.306 e. The van der Waals surface area contributed by atoms with Gasteiger partial charge >= 0.3 is 5.97 Å². The maximum absolute atomic E-state index is 12.0. The van der Waals surface area contributed by atoms with Crippen LogP contribution in [0.1, 0.15) is 26.7 Å². The second-order valence-electron chi connectivity index (χ2n) is 6.13. The third kappa shape index (κ3) is 4.96. The highest BCUT2D eigenvalue weighted by atomic mass is 32.2. The maximum atomic E-state index is 12.0. The molecular weight excluding hydrogens is 296 g/mol. The summed E-state index contributed by atoms with van der Waals surface area (Å²) in [6.45, 7) is 4.36. The lowest BCUT2D eigenvalue weighted by Crippen LogP contribution is -2.47. The van der Waals surface area contributed by atoms with Crippen LogP contribution in [-0.4, -0.2) is 67.5 Å². The lowest BCUT2D eigenvalue weighted by atomic mass is 9.97. The zero-order valence-corrected chi connectivity index (χ0v) is 13.6. The lowest BCUT2D eigenvalue weighted by Gasteiger charge is -2.30. The summed E-state index contributed by atoms with van der Waals surface area (Å²) in [6, 6.07) is 0. The largest absolute Gasteiger partial charge is 0.481 e. The van der Waals surface area contributed by atoms with Gasteiger partial charge in [-0.1, -0.05) is 0 Å². The summed E-state index contributed by atoms with van der Waals surface area (Å²) in [5.74, 6) is -1.30. The van der Waals surface area contributed by atoms with E-state index in [4.69, 9.17) is 5.11 Å². The first-order valence-electron chi connectivity index (χ1n) is 6.95. The summed E-state index contributed by atoms with van der Waals surface area (Å²) in [7, 11) is -3.19. The zero-order chi connectivity index (χ0) is 16.3. The second-order valence-corrected chi connectivity index (χ2v) is 8.78. The first-order valence-corrected chi connectivity index (χ1v) is 8.84. The van der Waals surface area contributed by atoms with E-state index < -0.39 is 20.6 Å². The van der Waals surface area contributed by atoms with Crippen LogP contribution in [0.15, 0.2) is 0 Å². The summed E-state index contributed by atoms with van der Waals surface area (Å²) in [5.41, 5.74) is 0. The average Bonchev–Trinajstić information content (AvgIpc) is 2.37. The van der Waals surface area contributed by atoms with Crippen LogP contribution in [0, 0.1) is 5.92 Å². The van der Waals surface area contributed by atoms with Crippen LogP contribution >= 0.6 is 0 Å². The average molecular weight is 320 g/mol. The molecule has 8 heteroatoms. The molecule has 1 aliphatic rings. The Balaban J connectivity index is 2.38. The van der Waals surface area contributed by atoms with Crippen LogP contribution in [0.25, 0.3) is 0 Å². The van der Waals surface area contributed by atoms with Gasteiger partial charge in [-0.15, -0.1) is 0 Å². The topological polar surface area (TPSA) is 104 Å². The molecule has 0 aromatic rings. The summed E-state index contributed by atoms with van der Waals surface area (Å²) >= 11 is 0. The molecule has 1 amide bonds. The molecule has 21 heavy (non-hydrogen) atoms. The Bertz CT molecular complexity index is 493. The van der Waals surface area contributed by atoms with Gasteiger partial charge in [0.05, 0.1) is 17.2 Å². The molecule has 0 saturated carbocycles. The maximum Gasteiger partial charge on any atom is 0.306 e. The van der Waals surface area contributed by atoms with Crippen LogP contribution < -0.4 is 5.32 Å². The first-order chi connectivity index (χ1) is 9.54. The highest BCUT2D eigenvalue weighted by molar-refractivity contribution is 7.92. The molecular formula is C13H24N2O5S. The molecule has 0 spiro atoms. The molecule has 7 nitrogen and oxygen atoms in total. The van der Waals surface area contributed by atoms with Gasteiger partial charge in [-0.2, -0.15) is 0 Å². The number of nitrogens with zero attached hydrogens (tertiary/aromatic N) is 1. The molecule has 0 atom stereocenters. The van der Waals surface area contributed by atoms with Crippen molar-refractivity contribution in [3.8, 4) is 0 Å². The van der Waals surface area contributed by atoms with Crippen molar-refractivity contribution in [3.63, 3.8) is 0 Å². The monoisotopic (exact) mass is 320 g/mol. The summed E-state index contributed by atoms with van der Waals surface area (Å²) in [4.78, 5) is 24.4. The number of rotatable bonds is 6. The number of carbonyl (C=O) groups excluding carboxylic acids is 1. The van der Waals surface area contributed by atoms with Crippen LogP contribution in [-0.2, 0) is 19.4 Å². The van der Waals surface area contributed by atoms with Gasteiger partial charge in [-0.05, 0) is 26.7 Å². The quantitative estimate of drug-likeness (QED) is 0.698. The molecule has 0 aromatic heterocycles. The molecule has 0 aromatic carbocycles. The van der Waals surface area contributed by atoms with E-state index in [1.165, 1.54) is 6.26 Å². The number of aliphatic carboxylic acids is 1. The number of nitrogens with one attached hydrogen (secondary N) is 1. The fraction of sp³-hybridized carbons (Fsp3) is 0.846. The minimum absolute atomic E-state index is 0.0662. The van der Waals surface area contributed by atoms with E-state index in [2.05, 4.69) is 5.32 Å². The Kier molecular flexibility index (Phi) is 5.75. The van der Waals surface area contributed by atoms with Crippen molar-refractivity contribution in [2.45, 2.75) is 31.4 Å². The third-order valence-electron chi connectivity index (χ3n) is 4.03. The number of hydrogen-bond donors (Lipinski definition) is 2. The number of carboxylic acid groups (broad SMARTS) is 1. The Labute approximate surface area is 125 Å².